The van der Waals surface area contributed by atoms with Gasteiger partial charge in [0.15, 0.2) is 5.69 Å². The van der Waals surface area contributed by atoms with Crippen LogP contribution in [0.5, 0.6) is 0 Å². The van der Waals surface area contributed by atoms with E-state index in [1.807, 2.05) is 0 Å². The highest BCUT2D eigenvalue weighted by Crippen LogP contribution is 2.22. The highest BCUT2D eigenvalue weighted by atomic mass is 32.2. The van der Waals surface area contributed by atoms with Crippen LogP contribution in [0.3, 0.4) is 0 Å². The second kappa shape index (κ2) is 5.26. The molecule has 0 spiro atoms. The number of anilines is 1. The zero-order valence-corrected chi connectivity index (χ0v) is 11.6. The van der Waals surface area contributed by atoms with Gasteiger partial charge in [0.1, 0.15) is 16.7 Å². The van der Waals surface area contributed by atoms with Gasteiger partial charge in [-0.15, -0.1) is 0 Å². The largest absolute Gasteiger partial charge is 0.477 e. The Morgan fingerprint density at radius 3 is 2.86 bits per heavy atom. The number of nitrogens with one attached hydrogen (secondary N) is 2. The summed E-state index contributed by atoms with van der Waals surface area (Å²) in [5, 5.41) is 17.9. The minimum absolute atomic E-state index is 0.104. The van der Waals surface area contributed by atoms with Crippen LogP contribution in [0, 0.1) is 18.3 Å². The molecule has 8 nitrogen and oxygen atoms in total. The van der Waals surface area contributed by atoms with E-state index in [0.717, 1.165) is 0 Å². The molecule has 0 radical (unpaired) electrons. The van der Waals surface area contributed by atoms with Crippen molar-refractivity contribution in [1.29, 1.82) is 5.26 Å². The summed E-state index contributed by atoms with van der Waals surface area (Å²) in [5.74, 6) is -1.30. The lowest BCUT2D eigenvalue weighted by Gasteiger charge is -2.08. The van der Waals surface area contributed by atoms with Gasteiger partial charge in [0.05, 0.1) is 5.69 Å². The summed E-state index contributed by atoms with van der Waals surface area (Å²) in [6.07, 6.45) is 1.29. The molecule has 2 aromatic rings. The van der Waals surface area contributed by atoms with E-state index >= 15 is 0 Å². The summed E-state index contributed by atoms with van der Waals surface area (Å²) in [6.45, 7) is 1.59. The molecule has 2 aromatic heterocycles. The molecule has 9 heteroatoms. The fourth-order valence-electron chi connectivity index (χ4n) is 1.73. The van der Waals surface area contributed by atoms with Gasteiger partial charge in [0.2, 0.25) is 0 Å². The van der Waals surface area contributed by atoms with E-state index in [2.05, 4.69) is 14.7 Å². The molecule has 0 aliphatic heterocycles. The first-order chi connectivity index (χ1) is 9.85. The van der Waals surface area contributed by atoms with Gasteiger partial charge in [-0.3, -0.25) is 4.72 Å². The highest BCUT2D eigenvalue weighted by molar-refractivity contribution is 7.92. The lowest BCUT2D eigenvalue weighted by atomic mass is 10.4. The first-order valence-electron chi connectivity index (χ1n) is 5.66. The predicted molar refractivity (Wildman–Crippen MR) is 72.2 cm³/mol. The van der Waals surface area contributed by atoms with Crippen molar-refractivity contribution in [3.63, 3.8) is 0 Å². The molecular weight excluding hydrogens is 296 g/mol. The lowest BCUT2D eigenvalue weighted by molar-refractivity contribution is 0.0692. The standard InChI is InChI=1S/C12H10N4O4S/c1-7-5-8(11(15-7)12(17)18)16-21(19,20)10-3-2-4-14-9(10)6-13/h2-5,15-16H,1H3,(H,17,18). The van der Waals surface area contributed by atoms with Crippen LogP contribution in [-0.4, -0.2) is 29.5 Å². The van der Waals surface area contributed by atoms with Crippen LogP contribution in [0.2, 0.25) is 0 Å². The molecule has 0 bridgehead atoms. The van der Waals surface area contributed by atoms with E-state index < -0.39 is 16.0 Å². The number of nitriles is 1. The minimum Gasteiger partial charge on any atom is -0.477 e. The average molecular weight is 306 g/mol. The Labute approximate surface area is 120 Å². The van der Waals surface area contributed by atoms with Crippen molar-refractivity contribution in [3.8, 4) is 6.07 Å². The number of nitrogens with zero attached hydrogens (tertiary/aromatic N) is 2. The van der Waals surface area contributed by atoms with Gasteiger partial charge in [-0.2, -0.15) is 5.26 Å². The Morgan fingerprint density at radius 2 is 2.24 bits per heavy atom. The first-order valence-corrected chi connectivity index (χ1v) is 7.14. The molecule has 0 aliphatic rings. The number of carboxylic acids is 1. The molecule has 2 heterocycles. The Bertz CT molecular complexity index is 848. The normalized spacial score (nSPS) is 10.9. The third-order valence-electron chi connectivity index (χ3n) is 2.58. The summed E-state index contributed by atoms with van der Waals surface area (Å²) in [4.78, 5) is 16.9. The summed E-state index contributed by atoms with van der Waals surface area (Å²) in [6, 6.07) is 5.61. The Morgan fingerprint density at radius 1 is 1.52 bits per heavy atom. The lowest BCUT2D eigenvalue weighted by Crippen LogP contribution is -2.16. The second-order valence-corrected chi connectivity index (χ2v) is 5.76. The molecule has 0 aromatic carbocycles. The van der Waals surface area contributed by atoms with Gasteiger partial charge < -0.3 is 10.1 Å². The fraction of sp³-hybridized carbons (Fsp3) is 0.0833. The van der Waals surface area contributed by atoms with Crippen molar-refractivity contribution >= 4 is 21.7 Å². The molecule has 0 fully saturated rings. The quantitative estimate of drug-likeness (QED) is 0.773. The van der Waals surface area contributed by atoms with Gasteiger partial charge in [-0.05, 0) is 25.1 Å². The molecule has 3 N–H and O–H groups in total. The van der Waals surface area contributed by atoms with Crippen molar-refractivity contribution in [2.45, 2.75) is 11.8 Å². The SMILES string of the molecule is Cc1cc(NS(=O)(=O)c2cccnc2C#N)c(C(=O)O)[nH]1. The van der Waals surface area contributed by atoms with Gasteiger partial charge in [-0.25, -0.2) is 18.2 Å². The number of aryl methyl sites for hydroxylation is 1. The fourth-order valence-corrected chi connectivity index (χ4v) is 2.90. The monoisotopic (exact) mass is 306 g/mol. The number of hydrogen-bond donors (Lipinski definition) is 3. The summed E-state index contributed by atoms with van der Waals surface area (Å²) < 4.78 is 26.7. The Balaban J connectivity index is 2.48. The first kappa shape index (κ1) is 14.5. The number of aromatic amines is 1. The van der Waals surface area contributed by atoms with Crippen LogP contribution in [0.4, 0.5) is 5.69 Å². The minimum atomic E-state index is -4.12. The van der Waals surface area contributed by atoms with Crippen molar-refractivity contribution < 1.29 is 18.3 Å². The van der Waals surface area contributed by atoms with Crippen molar-refractivity contribution in [3.05, 3.63) is 41.5 Å². The molecule has 0 amide bonds. The maximum atomic E-state index is 12.3. The summed E-state index contributed by atoms with van der Waals surface area (Å²) in [5.41, 5.74) is -0.169. The molecule has 0 atom stereocenters. The van der Waals surface area contributed by atoms with E-state index in [-0.39, 0.29) is 22.0 Å². The number of aromatic carboxylic acids is 1. The molecule has 0 saturated heterocycles. The van der Waals surface area contributed by atoms with Crippen LogP contribution < -0.4 is 4.72 Å². The van der Waals surface area contributed by atoms with Gasteiger partial charge in [0.25, 0.3) is 10.0 Å². The van der Waals surface area contributed by atoms with E-state index in [9.17, 15) is 13.2 Å². The van der Waals surface area contributed by atoms with Crippen molar-refractivity contribution in [2.24, 2.45) is 0 Å². The van der Waals surface area contributed by atoms with E-state index in [1.54, 1.807) is 13.0 Å². The third-order valence-corrected chi connectivity index (χ3v) is 3.97. The molecule has 2 rings (SSSR count). The van der Waals surface area contributed by atoms with Crippen LogP contribution in [0.25, 0.3) is 0 Å². The zero-order chi connectivity index (χ0) is 15.6. The van der Waals surface area contributed by atoms with E-state index in [4.69, 9.17) is 10.4 Å². The van der Waals surface area contributed by atoms with Crippen LogP contribution in [0.15, 0.2) is 29.3 Å². The molecule has 0 aliphatic carbocycles. The maximum Gasteiger partial charge on any atom is 0.354 e. The summed E-state index contributed by atoms with van der Waals surface area (Å²) in [7, 11) is -4.12. The second-order valence-electron chi connectivity index (χ2n) is 4.11. The zero-order valence-electron chi connectivity index (χ0n) is 10.8. The van der Waals surface area contributed by atoms with Gasteiger partial charge >= 0.3 is 5.97 Å². The molecule has 0 saturated carbocycles. The number of H-pyrrole nitrogens is 1. The molecular formula is C12H10N4O4S. The van der Waals surface area contributed by atoms with Gasteiger partial charge in [-0.1, -0.05) is 0 Å². The van der Waals surface area contributed by atoms with Gasteiger partial charge in [0, 0.05) is 11.9 Å². The predicted octanol–water partition coefficient (Wildman–Crippen LogP) is 1.09. The number of rotatable bonds is 4. The molecule has 21 heavy (non-hydrogen) atoms. The number of aromatic nitrogens is 2. The number of carboxylic acid groups (broad SMARTS) is 1. The highest BCUT2D eigenvalue weighted by Gasteiger charge is 2.23. The van der Waals surface area contributed by atoms with Crippen LogP contribution in [0.1, 0.15) is 21.9 Å². The third kappa shape index (κ3) is 2.85. The smallest absolute Gasteiger partial charge is 0.354 e. The summed E-state index contributed by atoms with van der Waals surface area (Å²) >= 11 is 0. The van der Waals surface area contributed by atoms with E-state index in [1.165, 1.54) is 24.4 Å². The van der Waals surface area contributed by atoms with E-state index in [0.29, 0.717) is 5.69 Å². The van der Waals surface area contributed by atoms with Crippen molar-refractivity contribution in [2.75, 3.05) is 4.72 Å². The number of carbonyl (C=O) groups is 1. The topological polar surface area (TPSA) is 136 Å². The average Bonchev–Trinajstić information content (AvgIpc) is 2.79. The van der Waals surface area contributed by atoms with Crippen LogP contribution >= 0.6 is 0 Å². The molecule has 108 valence electrons. The molecule has 0 unspecified atom stereocenters. The number of sulfonamides is 1. The van der Waals surface area contributed by atoms with Crippen molar-refractivity contribution in [1.82, 2.24) is 9.97 Å². The number of hydrogen-bond acceptors (Lipinski definition) is 5. The Hall–Kier alpha value is -2.86. The van der Waals surface area contributed by atoms with Crippen LogP contribution in [-0.2, 0) is 10.0 Å². The Kier molecular flexibility index (Phi) is 3.64. The maximum absolute atomic E-state index is 12.3. The number of pyridine rings is 1.